The van der Waals surface area contributed by atoms with Gasteiger partial charge in [-0.15, -0.1) is 0 Å². The van der Waals surface area contributed by atoms with Gasteiger partial charge in [-0.2, -0.15) is 0 Å². The Bertz CT molecular complexity index is 851. The number of methoxy groups -OCH3 is 2. The van der Waals surface area contributed by atoms with Crippen molar-refractivity contribution in [3.8, 4) is 11.5 Å². The molecule has 5 nitrogen and oxygen atoms in total. The summed E-state index contributed by atoms with van der Waals surface area (Å²) in [7, 11) is 3.40. The van der Waals surface area contributed by atoms with E-state index in [0.29, 0.717) is 17.9 Å². The van der Waals surface area contributed by atoms with Gasteiger partial charge in [0.1, 0.15) is 11.5 Å². The largest absolute Gasteiger partial charge is 0.497 e. The Labute approximate surface area is 173 Å². The van der Waals surface area contributed by atoms with Crippen molar-refractivity contribution in [2.24, 2.45) is 5.92 Å². The number of carbonyl (C=O) groups excluding carboxylic acids is 1. The average molecular weight is 395 g/mol. The maximum atomic E-state index is 12.3. The van der Waals surface area contributed by atoms with Crippen LogP contribution in [0.5, 0.6) is 11.5 Å². The van der Waals surface area contributed by atoms with Gasteiger partial charge in [-0.1, -0.05) is 24.3 Å². The molecule has 5 heteroatoms. The van der Waals surface area contributed by atoms with Crippen LogP contribution in [0.3, 0.4) is 0 Å². The first kappa shape index (κ1) is 19.8. The summed E-state index contributed by atoms with van der Waals surface area (Å²) in [5.74, 6) is 2.74. The number of hydrogen-bond donors (Lipinski definition) is 0. The number of nitrogens with zero attached hydrogens (tertiary/aromatic N) is 2. The number of hydrogen-bond acceptors (Lipinski definition) is 4. The molecule has 0 saturated carbocycles. The molecule has 0 unspecified atom stereocenters. The van der Waals surface area contributed by atoms with Crippen molar-refractivity contribution in [1.29, 1.82) is 0 Å². The first-order chi connectivity index (χ1) is 14.1. The molecule has 2 aromatic rings. The molecule has 0 radical (unpaired) electrons. The van der Waals surface area contributed by atoms with Gasteiger partial charge >= 0.3 is 0 Å². The standard InChI is InChI=1S/C24H30N2O3/c1-17(27)26-16-22(19-5-4-6-21(13-19)29-3)23-15-25(12-11-24(23)26)14-18-7-9-20(28-2)10-8-18/h4-10,13,22-24H,11-12,14-16H2,1-3H3/t22-,23-,24-/m0/s1. The molecule has 0 aromatic heterocycles. The first-order valence-corrected chi connectivity index (χ1v) is 10.4. The number of rotatable bonds is 5. The molecule has 2 aliphatic rings. The van der Waals surface area contributed by atoms with Crippen LogP contribution in [0, 0.1) is 5.92 Å². The maximum Gasteiger partial charge on any atom is 0.219 e. The van der Waals surface area contributed by atoms with Gasteiger partial charge in [-0.3, -0.25) is 9.69 Å². The number of likely N-dealkylation sites (tertiary alicyclic amines) is 2. The lowest BCUT2D eigenvalue weighted by atomic mass is 9.81. The smallest absolute Gasteiger partial charge is 0.219 e. The van der Waals surface area contributed by atoms with Crippen LogP contribution in [0.2, 0.25) is 0 Å². The zero-order valence-electron chi connectivity index (χ0n) is 17.5. The van der Waals surface area contributed by atoms with E-state index in [1.807, 2.05) is 18.2 Å². The van der Waals surface area contributed by atoms with Crippen molar-refractivity contribution in [3.63, 3.8) is 0 Å². The van der Waals surface area contributed by atoms with Gasteiger partial charge in [-0.05, 0) is 41.8 Å². The number of fused-ring (bicyclic) bond motifs is 1. The molecule has 2 aromatic carbocycles. The Hall–Kier alpha value is -2.53. The second-order valence-electron chi connectivity index (χ2n) is 8.16. The lowest BCUT2D eigenvalue weighted by Gasteiger charge is -2.39. The van der Waals surface area contributed by atoms with Gasteiger partial charge in [0.25, 0.3) is 0 Å². The van der Waals surface area contributed by atoms with Gasteiger partial charge in [0.2, 0.25) is 5.91 Å². The minimum atomic E-state index is 0.189. The molecule has 4 rings (SSSR count). The van der Waals surface area contributed by atoms with E-state index in [2.05, 4.69) is 40.1 Å². The van der Waals surface area contributed by atoms with Gasteiger partial charge in [-0.25, -0.2) is 0 Å². The second-order valence-corrected chi connectivity index (χ2v) is 8.16. The Balaban J connectivity index is 1.53. The molecule has 0 aliphatic carbocycles. The molecule has 0 N–H and O–H groups in total. The van der Waals surface area contributed by atoms with E-state index < -0.39 is 0 Å². The summed E-state index contributed by atoms with van der Waals surface area (Å²) in [4.78, 5) is 16.9. The van der Waals surface area contributed by atoms with Crippen LogP contribution >= 0.6 is 0 Å². The van der Waals surface area contributed by atoms with Crippen LogP contribution in [0.15, 0.2) is 48.5 Å². The van der Waals surface area contributed by atoms with Crippen molar-refractivity contribution in [3.05, 3.63) is 59.7 Å². The van der Waals surface area contributed by atoms with Crippen molar-refractivity contribution < 1.29 is 14.3 Å². The van der Waals surface area contributed by atoms with Gasteiger partial charge < -0.3 is 14.4 Å². The summed E-state index contributed by atoms with van der Waals surface area (Å²) < 4.78 is 10.7. The highest BCUT2D eigenvalue weighted by Crippen LogP contribution is 2.42. The Morgan fingerprint density at radius 1 is 1.03 bits per heavy atom. The number of benzene rings is 2. The third-order valence-corrected chi connectivity index (χ3v) is 6.51. The monoisotopic (exact) mass is 394 g/mol. The Kier molecular flexibility index (Phi) is 5.76. The van der Waals surface area contributed by atoms with Gasteiger partial charge in [0.15, 0.2) is 0 Å². The molecule has 2 fully saturated rings. The minimum Gasteiger partial charge on any atom is -0.497 e. The minimum absolute atomic E-state index is 0.189. The van der Waals surface area contributed by atoms with Crippen LogP contribution in [0.25, 0.3) is 0 Å². The van der Waals surface area contributed by atoms with Crippen LogP contribution in [0.1, 0.15) is 30.4 Å². The Morgan fingerprint density at radius 2 is 1.79 bits per heavy atom. The first-order valence-electron chi connectivity index (χ1n) is 10.4. The van der Waals surface area contributed by atoms with Crippen molar-refractivity contribution in [1.82, 2.24) is 9.80 Å². The van der Waals surface area contributed by atoms with Gasteiger partial charge in [0, 0.05) is 51.0 Å². The summed E-state index contributed by atoms with van der Waals surface area (Å²) >= 11 is 0. The normalized spacial score (nSPS) is 24.2. The summed E-state index contributed by atoms with van der Waals surface area (Å²) in [5.41, 5.74) is 2.57. The summed E-state index contributed by atoms with van der Waals surface area (Å²) in [6.45, 7) is 5.45. The predicted molar refractivity (Wildman–Crippen MR) is 113 cm³/mol. The van der Waals surface area contributed by atoms with Crippen LogP contribution < -0.4 is 9.47 Å². The third-order valence-electron chi connectivity index (χ3n) is 6.51. The fourth-order valence-electron chi connectivity index (χ4n) is 5.02. The summed E-state index contributed by atoms with van der Waals surface area (Å²) in [5, 5.41) is 0. The third kappa shape index (κ3) is 4.10. The zero-order valence-corrected chi connectivity index (χ0v) is 17.5. The quantitative estimate of drug-likeness (QED) is 0.778. The second kappa shape index (κ2) is 8.46. The molecule has 3 atom stereocenters. The SMILES string of the molecule is COc1ccc(CN2CC[C@H]3[C@@H](C2)[C@H](c2cccc(OC)c2)CN3C(C)=O)cc1. The average Bonchev–Trinajstić information content (AvgIpc) is 3.13. The van der Waals surface area contributed by atoms with E-state index in [0.717, 1.165) is 44.1 Å². The molecule has 0 bridgehead atoms. The fraction of sp³-hybridized carbons (Fsp3) is 0.458. The van der Waals surface area contributed by atoms with E-state index in [9.17, 15) is 4.79 Å². The molecular formula is C24H30N2O3. The van der Waals surface area contributed by atoms with E-state index in [1.54, 1.807) is 21.1 Å². The number of amides is 1. The summed E-state index contributed by atoms with van der Waals surface area (Å²) in [6, 6.07) is 17.0. The zero-order chi connectivity index (χ0) is 20.4. The molecule has 1 amide bonds. The number of piperidine rings is 1. The Morgan fingerprint density at radius 3 is 2.48 bits per heavy atom. The molecular weight excluding hydrogens is 364 g/mol. The fourth-order valence-corrected chi connectivity index (χ4v) is 5.02. The summed E-state index contributed by atoms with van der Waals surface area (Å²) in [6.07, 6.45) is 1.03. The van der Waals surface area contributed by atoms with Crippen LogP contribution in [-0.4, -0.2) is 55.6 Å². The lowest BCUT2D eigenvalue weighted by Crippen LogP contribution is -2.47. The molecule has 29 heavy (non-hydrogen) atoms. The van der Waals surface area contributed by atoms with Crippen LogP contribution in [-0.2, 0) is 11.3 Å². The highest BCUT2D eigenvalue weighted by atomic mass is 16.5. The number of carbonyl (C=O) groups is 1. The molecule has 2 saturated heterocycles. The van der Waals surface area contributed by atoms with Crippen LogP contribution in [0.4, 0.5) is 0 Å². The van der Waals surface area contributed by atoms with Gasteiger partial charge in [0.05, 0.1) is 14.2 Å². The predicted octanol–water partition coefficient (Wildman–Crippen LogP) is 3.54. The van der Waals surface area contributed by atoms with Crippen molar-refractivity contribution in [2.75, 3.05) is 33.9 Å². The lowest BCUT2D eigenvalue weighted by molar-refractivity contribution is -0.130. The molecule has 0 spiro atoms. The molecule has 2 heterocycles. The highest BCUT2D eigenvalue weighted by Gasteiger charge is 2.46. The molecule has 2 aliphatic heterocycles. The van der Waals surface area contributed by atoms with Crippen molar-refractivity contribution >= 4 is 5.91 Å². The highest BCUT2D eigenvalue weighted by molar-refractivity contribution is 5.74. The van der Waals surface area contributed by atoms with E-state index in [1.165, 1.54) is 11.1 Å². The topological polar surface area (TPSA) is 42.0 Å². The van der Waals surface area contributed by atoms with Crippen molar-refractivity contribution in [2.45, 2.75) is 31.8 Å². The van der Waals surface area contributed by atoms with E-state index in [-0.39, 0.29) is 5.91 Å². The maximum absolute atomic E-state index is 12.3. The number of ether oxygens (including phenoxy) is 2. The van der Waals surface area contributed by atoms with E-state index >= 15 is 0 Å². The molecule has 154 valence electrons. The van der Waals surface area contributed by atoms with E-state index in [4.69, 9.17) is 9.47 Å².